The maximum Gasteiger partial charge on any atom is 0.333 e. The molecule has 0 heterocycles. The molecule has 0 fully saturated rings. The van der Waals surface area contributed by atoms with Crippen LogP contribution in [-0.4, -0.2) is 36.6 Å². The first kappa shape index (κ1) is 23.2. The summed E-state index contributed by atoms with van der Waals surface area (Å²) in [5.41, 5.74) is 0.487. The molecular formula is C21H41NO2. The quantitative estimate of drug-likeness (QED) is 0.204. The standard InChI is InChI=1S/C21H41NO2/c1-6-9-10-11-14-20(22(16-7-2)17-8-3)15-12-13-18-24-21(23)19(4)5/h20H,4,6-18H2,1-3,5H3. The van der Waals surface area contributed by atoms with Crippen LogP contribution in [-0.2, 0) is 9.53 Å². The van der Waals surface area contributed by atoms with Gasteiger partial charge in [0, 0.05) is 11.6 Å². The molecule has 0 radical (unpaired) electrons. The van der Waals surface area contributed by atoms with E-state index < -0.39 is 0 Å². The third-order valence-corrected chi connectivity index (χ3v) is 4.44. The Bertz CT molecular complexity index is 322. The van der Waals surface area contributed by atoms with Crippen molar-refractivity contribution in [3.8, 4) is 0 Å². The molecule has 3 nitrogen and oxygen atoms in total. The number of ether oxygens (including phenoxy) is 1. The minimum absolute atomic E-state index is 0.260. The summed E-state index contributed by atoms with van der Waals surface area (Å²) >= 11 is 0. The molecule has 0 rings (SSSR count). The molecule has 24 heavy (non-hydrogen) atoms. The van der Waals surface area contributed by atoms with Crippen molar-refractivity contribution in [1.29, 1.82) is 0 Å². The Morgan fingerprint density at radius 2 is 1.50 bits per heavy atom. The molecule has 0 bridgehead atoms. The van der Waals surface area contributed by atoms with Crippen LogP contribution in [0.2, 0.25) is 0 Å². The topological polar surface area (TPSA) is 29.5 Å². The molecule has 0 saturated heterocycles. The predicted molar refractivity (Wildman–Crippen MR) is 104 cm³/mol. The minimum atomic E-state index is -0.260. The molecule has 0 amide bonds. The van der Waals surface area contributed by atoms with Gasteiger partial charge in [-0.2, -0.15) is 0 Å². The van der Waals surface area contributed by atoms with Gasteiger partial charge in [0.05, 0.1) is 6.61 Å². The SMILES string of the molecule is C=C(C)C(=O)OCCCCC(CCCCCC)N(CCC)CCC. The van der Waals surface area contributed by atoms with Crippen LogP contribution in [0.3, 0.4) is 0 Å². The van der Waals surface area contributed by atoms with E-state index in [1.54, 1.807) is 6.92 Å². The molecule has 0 N–H and O–H groups in total. The lowest BCUT2D eigenvalue weighted by atomic mass is 10.00. The average molecular weight is 340 g/mol. The van der Waals surface area contributed by atoms with E-state index in [2.05, 4.69) is 32.3 Å². The zero-order valence-electron chi connectivity index (χ0n) is 16.7. The molecule has 0 aromatic heterocycles. The van der Waals surface area contributed by atoms with Crippen LogP contribution in [0.5, 0.6) is 0 Å². The summed E-state index contributed by atoms with van der Waals surface area (Å²) in [5.74, 6) is -0.260. The first-order chi connectivity index (χ1) is 11.6. The number of carbonyl (C=O) groups excluding carboxylic acids is 1. The van der Waals surface area contributed by atoms with Crippen molar-refractivity contribution in [2.75, 3.05) is 19.7 Å². The Labute approximate surface area is 150 Å². The highest BCUT2D eigenvalue weighted by Crippen LogP contribution is 2.18. The highest BCUT2D eigenvalue weighted by atomic mass is 16.5. The largest absolute Gasteiger partial charge is 0.462 e. The van der Waals surface area contributed by atoms with Crippen molar-refractivity contribution < 1.29 is 9.53 Å². The van der Waals surface area contributed by atoms with Gasteiger partial charge in [-0.25, -0.2) is 4.79 Å². The number of carbonyl (C=O) groups is 1. The summed E-state index contributed by atoms with van der Waals surface area (Å²) in [6.07, 6.45) is 12.4. The number of nitrogens with zero attached hydrogens (tertiary/aromatic N) is 1. The normalized spacial score (nSPS) is 12.4. The van der Waals surface area contributed by atoms with Crippen LogP contribution in [0.25, 0.3) is 0 Å². The highest BCUT2D eigenvalue weighted by molar-refractivity contribution is 5.86. The van der Waals surface area contributed by atoms with Crippen LogP contribution in [0.15, 0.2) is 12.2 Å². The molecule has 3 heteroatoms. The second-order valence-electron chi connectivity index (χ2n) is 6.95. The molecule has 0 aliphatic rings. The predicted octanol–water partition coefficient (Wildman–Crippen LogP) is 5.74. The molecule has 1 unspecified atom stereocenters. The van der Waals surface area contributed by atoms with Crippen molar-refractivity contribution in [3.05, 3.63) is 12.2 Å². The molecule has 142 valence electrons. The Morgan fingerprint density at radius 1 is 0.917 bits per heavy atom. The zero-order valence-corrected chi connectivity index (χ0v) is 16.7. The van der Waals surface area contributed by atoms with E-state index in [0.717, 1.165) is 12.8 Å². The fourth-order valence-electron chi connectivity index (χ4n) is 3.14. The van der Waals surface area contributed by atoms with Gasteiger partial charge in [-0.1, -0.05) is 53.0 Å². The van der Waals surface area contributed by atoms with Gasteiger partial charge in [0.1, 0.15) is 0 Å². The molecule has 1 atom stereocenters. The molecule has 0 saturated carbocycles. The number of hydrogen-bond acceptors (Lipinski definition) is 3. The Morgan fingerprint density at radius 3 is 2.00 bits per heavy atom. The molecule has 0 spiro atoms. The van der Waals surface area contributed by atoms with Crippen LogP contribution in [0.1, 0.15) is 91.9 Å². The van der Waals surface area contributed by atoms with Gasteiger partial charge in [-0.05, 0) is 58.5 Å². The van der Waals surface area contributed by atoms with E-state index in [4.69, 9.17) is 4.74 Å². The van der Waals surface area contributed by atoms with Crippen molar-refractivity contribution in [2.24, 2.45) is 0 Å². The van der Waals surface area contributed by atoms with Crippen molar-refractivity contribution in [2.45, 2.75) is 97.9 Å². The summed E-state index contributed by atoms with van der Waals surface area (Å²) in [6, 6.07) is 0.693. The second-order valence-corrected chi connectivity index (χ2v) is 6.95. The van der Waals surface area contributed by atoms with E-state index >= 15 is 0 Å². The molecule has 0 aromatic rings. The minimum Gasteiger partial charge on any atom is -0.462 e. The zero-order chi connectivity index (χ0) is 18.2. The summed E-state index contributed by atoms with van der Waals surface area (Å²) in [7, 11) is 0. The van der Waals surface area contributed by atoms with Crippen LogP contribution >= 0.6 is 0 Å². The Kier molecular flexibility index (Phi) is 15.1. The number of hydrogen-bond donors (Lipinski definition) is 0. The Balaban J connectivity index is 4.25. The number of rotatable bonds is 16. The van der Waals surface area contributed by atoms with Gasteiger partial charge in [-0.15, -0.1) is 0 Å². The van der Waals surface area contributed by atoms with Crippen molar-refractivity contribution in [3.63, 3.8) is 0 Å². The molecule has 0 aliphatic carbocycles. The van der Waals surface area contributed by atoms with E-state index in [-0.39, 0.29) is 5.97 Å². The van der Waals surface area contributed by atoms with Crippen LogP contribution in [0, 0.1) is 0 Å². The first-order valence-electron chi connectivity index (χ1n) is 10.1. The third-order valence-electron chi connectivity index (χ3n) is 4.44. The van der Waals surface area contributed by atoms with Gasteiger partial charge in [0.25, 0.3) is 0 Å². The summed E-state index contributed by atoms with van der Waals surface area (Å²) in [6.45, 7) is 15.1. The van der Waals surface area contributed by atoms with Gasteiger partial charge < -0.3 is 9.64 Å². The van der Waals surface area contributed by atoms with Crippen molar-refractivity contribution in [1.82, 2.24) is 4.90 Å². The number of unbranched alkanes of at least 4 members (excludes halogenated alkanes) is 4. The summed E-state index contributed by atoms with van der Waals surface area (Å²) in [4.78, 5) is 14.1. The lowest BCUT2D eigenvalue weighted by Gasteiger charge is -2.31. The lowest BCUT2D eigenvalue weighted by molar-refractivity contribution is -0.139. The molecular weight excluding hydrogens is 298 g/mol. The fourth-order valence-corrected chi connectivity index (χ4v) is 3.14. The average Bonchev–Trinajstić information content (AvgIpc) is 2.56. The lowest BCUT2D eigenvalue weighted by Crippen LogP contribution is -2.36. The highest BCUT2D eigenvalue weighted by Gasteiger charge is 2.16. The smallest absolute Gasteiger partial charge is 0.333 e. The van der Waals surface area contributed by atoms with E-state index in [1.165, 1.54) is 64.5 Å². The van der Waals surface area contributed by atoms with Crippen LogP contribution < -0.4 is 0 Å². The first-order valence-corrected chi connectivity index (χ1v) is 10.1. The van der Waals surface area contributed by atoms with Gasteiger partial charge in [0.15, 0.2) is 0 Å². The van der Waals surface area contributed by atoms with E-state index in [0.29, 0.717) is 18.2 Å². The third kappa shape index (κ3) is 11.7. The van der Waals surface area contributed by atoms with E-state index in [9.17, 15) is 4.79 Å². The molecule has 0 aliphatic heterocycles. The number of esters is 1. The van der Waals surface area contributed by atoms with Gasteiger partial charge in [-0.3, -0.25) is 0 Å². The molecule has 0 aromatic carbocycles. The summed E-state index contributed by atoms with van der Waals surface area (Å²) in [5, 5.41) is 0. The van der Waals surface area contributed by atoms with Crippen LogP contribution in [0.4, 0.5) is 0 Å². The summed E-state index contributed by atoms with van der Waals surface area (Å²) < 4.78 is 5.20. The van der Waals surface area contributed by atoms with E-state index in [1.807, 2.05) is 0 Å². The van der Waals surface area contributed by atoms with Crippen molar-refractivity contribution >= 4 is 5.97 Å². The second kappa shape index (κ2) is 15.7. The van der Waals surface area contributed by atoms with Gasteiger partial charge >= 0.3 is 5.97 Å². The Hall–Kier alpha value is -0.830. The maximum atomic E-state index is 11.4. The maximum absolute atomic E-state index is 11.4. The van der Waals surface area contributed by atoms with Gasteiger partial charge in [0.2, 0.25) is 0 Å². The monoisotopic (exact) mass is 339 g/mol. The fraction of sp³-hybridized carbons (Fsp3) is 0.857.